The maximum absolute atomic E-state index is 12.6. The third-order valence-electron chi connectivity index (χ3n) is 5.57. The van der Waals surface area contributed by atoms with Crippen molar-refractivity contribution in [3.05, 3.63) is 36.4 Å². The molecule has 25 heavy (non-hydrogen) atoms. The van der Waals surface area contributed by atoms with Crippen molar-refractivity contribution in [1.82, 2.24) is 0 Å². The van der Waals surface area contributed by atoms with E-state index in [-0.39, 0.29) is 23.7 Å². The summed E-state index contributed by atoms with van der Waals surface area (Å²) in [7, 11) is 0. The maximum Gasteiger partial charge on any atom is 0.307 e. The highest BCUT2D eigenvalue weighted by Gasteiger charge is 2.51. The van der Waals surface area contributed by atoms with E-state index in [2.05, 4.69) is 5.32 Å². The van der Waals surface area contributed by atoms with Gasteiger partial charge < -0.3 is 15.3 Å². The number of allylic oxidation sites excluding steroid dienone is 2. The zero-order chi connectivity index (χ0) is 17.6. The summed E-state index contributed by atoms with van der Waals surface area (Å²) in [6.07, 6.45) is 6.08. The molecule has 2 fully saturated rings. The number of benzene rings is 1. The Morgan fingerprint density at radius 2 is 1.76 bits per heavy atom. The van der Waals surface area contributed by atoms with Crippen LogP contribution in [-0.4, -0.2) is 29.4 Å². The molecule has 0 aromatic heterocycles. The number of carboxylic acids is 1. The minimum Gasteiger partial charge on any atom is -0.481 e. The number of aliphatic carboxylic acids is 1. The Morgan fingerprint density at radius 3 is 2.36 bits per heavy atom. The first-order chi connectivity index (χ1) is 12.0. The van der Waals surface area contributed by atoms with Crippen LogP contribution in [0.3, 0.4) is 0 Å². The Bertz CT molecular complexity index is 755. The van der Waals surface area contributed by atoms with Crippen LogP contribution in [-0.2, 0) is 14.4 Å². The van der Waals surface area contributed by atoms with Crippen LogP contribution in [0.15, 0.2) is 36.4 Å². The van der Waals surface area contributed by atoms with E-state index >= 15 is 0 Å². The Kier molecular flexibility index (Phi) is 3.82. The standard InChI is InChI=1S/C19H20N2O4/c22-15-2-1-9-21(15)14-7-5-13(6-8-14)20-18(23)16-11-3-4-12(10-11)17(16)19(24)25/h3-8,11-12,16-17H,1-2,9-10H2,(H,20,23)(H,24,25)/t11-,12-,16-,17+/m0/s1. The van der Waals surface area contributed by atoms with Crippen molar-refractivity contribution in [2.75, 3.05) is 16.8 Å². The number of anilines is 2. The van der Waals surface area contributed by atoms with Crippen molar-refractivity contribution in [1.29, 1.82) is 0 Å². The molecule has 0 unspecified atom stereocenters. The summed E-state index contributed by atoms with van der Waals surface area (Å²) < 4.78 is 0. The van der Waals surface area contributed by atoms with E-state index in [1.165, 1.54) is 0 Å². The summed E-state index contributed by atoms with van der Waals surface area (Å²) in [6, 6.07) is 7.15. The van der Waals surface area contributed by atoms with Gasteiger partial charge in [0.25, 0.3) is 0 Å². The minimum atomic E-state index is -0.903. The molecule has 1 saturated carbocycles. The Labute approximate surface area is 145 Å². The van der Waals surface area contributed by atoms with Crippen LogP contribution in [0, 0.1) is 23.7 Å². The Hall–Kier alpha value is -2.63. The number of rotatable bonds is 4. The van der Waals surface area contributed by atoms with Crippen LogP contribution in [0.4, 0.5) is 11.4 Å². The van der Waals surface area contributed by atoms with Crippen LogP contribution >= 0.6 is 0 Å². The zero-order valence-electron chi connectivity index (χ0n) is 13.7. The Morgan fingerprint density at radius 1 is 1.08 bits per heavy atom. The van der Waals surface area contributed by atoms with E-state index in [0.717, 1.165) is 25.1 Å². The van der Waals surface area contributed by atoms with Crippen LogP contribution in [0.1, 0.15) is 19.3 Å². The lowest BCUT2D eigenvalue weighted by atomic mass is 9.82. The summed E-state index contributed by atoms with van der Waals surface area (Å²) in [5, 5.41) is 12.3. The van der Waals surface area contributed by atoms with Gasteiger partial charge in [0.1, 0.15) is 0 Å². The van der Waals surface area contributed by atoms with Gasteiger partial charge >= 0.3 is 5.97 Å². The molecule has 4 atom stereocenters. The SMILES string of the molecule is O=C(Nc1ccc(N2CCCC2=O)cc1)[C@@H]1[C@H](C(=O)O)[C@H]2C=C[C@H]1C2. The van der Waals surface area contributed by atoms with Gasteiger partial charge in [0.2, 0.25) is 11.8 Å². The zero-order valence-corrected chi connectivity index (χ0v) is 13.7. The molecule has 2 N–H and O–H groups in total. The number of nitrogens with zero attached hydrogens (tertiary/aromatic N) is 1. The van der Waals surface area contributed by atoms with E-state index in [4.69, 9.17) is 0 Å². The fraction of sp³-hybridized carbons (Fsp3) is 0.421. The van der Waals surface area contributed by atoms with Crippen molar-refractivity contribution >= 4 is 29.2 Å². The van der Waals surface area contributed by atoms with Crippen LogP contribution < -0.4 is 10.2 Å². The van der Waals surface area contributed by atoms with Gasteiger partial charge in [0.05, 0.1) is 11.8 Å². The van der Waals surface area contributed by atoms with Crippen LogP contribution in [0.2, 0.25) is 0 Å². The lowest BCUT2D eigenvalue weighted by Crippen LogP contribution is -2.36. The third-order valence-corrected chi connectivity index (χ3v) is 5.57. The molecular formula is C19H20N2O4. The average molecular weight is 340 g/mol. The number of hydrogen-bond acceptors (Lipinski definition) is 3. The molecule has 0 radical (unpaired) electrons. The second kappa shape index (κ2) is 6.02. The number of nitrogens with one attached hydrogen (secondary N) is 1. The van der Waals surface area contributed by atoms with Gasteiger partial charge in [0, 0.05) is 24.3 Å². The highest BCUT2D eigenvalue weighted by molar-refractivity contribution is 5.98. The van der Waals surface area contributed by atoms with Crippen molar-refractivity contribution in [2.45, 2.75) is 19.3 Å². The van der Waals surface area contributed by atoms with Crippen LogP contribution in [0.25, 0.3) is 0 Å². The van der Waals surface area contributed by atoms with Gasteiger partial charge in [-0.25, -0.2) is 0 Å². The van der Waals surface area contributed by atoms with E-state index in [0.29, 0.717) is 12.1 Å². The van der Waals surface area contributed by atoms with E-state index in [9.17, 15) is 19.5 Å². The average Bonchev–Trinajstić information content (AvgIpc) is 3.30. The molecular weight excluding hydrogens is 320 g/mol. The third kappa shape index (κ3) is 2.71. The normalized spacial score (nSPS) is 30.1. The summed E-state index contributed by atoms with van der Waals surface area (Å²) in [5.41, 5.74) is 1.45. The topological polar surface area (TPSA) is 86.7 Å². The van der Waals surface area contributed by atoms with Gasteiger partial charge in [-0.15, -0.1) is 0 Å². The number of carbonyl (C=O) groups excluding carboxylic acids is 2. The first-order valence-corrected chi connectivity index (χ1v) is 8.67. The van der Waals surface area contributed by atoms with Crippen molar-refractivity contribution in [2.24, 2.45) is 23.7 Å². The summed E-state index contributed by atoms with van der Waals surface area (Å²) >= 11 is 0. The number of fused-ring (bicyclic) bond motifs is 2. The number of hydrogen-bond donors (Lipinski definition) is 2. The molecule has 2 amide bonds. The van der Waals surface area contributed by atoms with Gasteiger partial charge in [-0.2, -0.15) is 0 Å². The van der Waals surface area contributed by atoms with Gasteiger partial charge in [-0.1, -0.05) is 12.2 Å². The second-order valence-corrected chi connectivity index (χ2v) is 7.02. The minimum absolute atomic E-state index is 0.00703. The molecule has 6 nitrogen and oxygen atoms in total. The van der Waals surface area contributed by atoms with Gasteiger partial charge in [-0.3, -0.25) is 14.4 Å². The predicted molar refractivity (Wildman–Crippen MR) is 92.0 cm³/mol. The molecule has 1 aromatic rings. The maximum atomic E-state index is 12.6. The number of amides is 2. The smallest absolute Gasteiger partial charge is 0.307 e. The molecule has 6 heteroatoms. The number of carboxylic acid groups (broad SMARTS) is 1. The fourth-order valence-electron chi connectivity index (χ4n) is 4.39. The van der Waals surface area contributed by atoms with E-state index in [1.807, 2.05) is 24.3 Å². The molecule has 130 valence electrons. The first-order valence-electron chi connectivity index (χ1n) is 8.67. The fourth-order valence-corrected chi connectivity index (χ4v) is 4.39. The molecule has 2 aliphatic carbocycles. The highest BCUT2D eigenvalue weighted by Crippen LogP contribution is 2.48. The first kappa shape index (κ1) is 15.9. The summed E-state index contributed by atoms with van der Waals surface area (Å²) in [4.78, 5) is 37.7. The van der Waals surface area contributed by atoms with E-state index < -0.39 is 17.8 Å². The molecule has 0 spiro atoms. The van der Waals surface area contributed by atoms with Crippen LogP contribution in [0.5, 0.6) is 0 Å². The Balaban J connectivity index is 1.47. The monoisotopic (exact) mass is 340 g/mol. The largest absolute Gasteiger partial charge is 0.481 e. The molecule has 1 aromatic carbocycles. The summed E-state index contributed by atoms with van der Waals surface area (Å²) in [6.45, 7) is 0.725. The lowest BCUT2D eigenvalue weighted by molar-refractivity contribution is -0.146. The van der Waals surface area contributed by atoms with E-state index in [1.54, 1.807) is 17.0 Å². The predicted octanol–water partition coefficient (Wildman–Crippen LogP) is 2.27. The number of carbonyl (C=O) groups is 3. The molecule has 2 bridgehead atoms. The summed E-state index contributed by atoms with van der Waals surface area (Å²) in [5.74, 6) is -2.22. The molecule has 4 rings (SSSR count). The molecule has 1 saturated heterocycles. The molecule has 1 heterocycles. The van der Waals surface area contributed by atoms with Crippen molar-refractivity contribution in [3.8, 4) is 0 Å². The van der Waals surface area contributed by atoms with Gasteiger partial charge in [0.15, 0.2) is 0 Å². The lowest BCUT2D eigenvalue weighted by Gasteiger charge is -2.24. The quantitative estimate of drug-likeness (QED) is 0.823. The molecule has 1 aliphatic heterocycles. The molecule has 3 aliphatic rings. The van der Waals surface area contributed by atoms with Gasteiger partial charge in [-0.05, 0) is 48.9 Å². The van der Waals surface area contributed by atoms with Crippen molar-refractivity contribution in [3.63, 3.8) is 0 Å². The van der Waals surface area contributed by atoms with Crippen molar-refractivity contribution < 1.29 is 19.5 Å². The highest BCUT2D eigenvalue weighted by atomic mass is 16.4. The second-order valence-electron chi connectivity index (χ2n) is 7.02.